The van der Waals surface area contributed by atoms with Crippen LogP contribution in [0.15, 0.2) is 16.7 Å². The normalized spacial score (nSPS) is 12.5. The van der Waals surface area contributed by atoms with E-state index in [9.17, 15) is 0 Å². The zero-order valence-electron chi connectivity index (χ0n) is 8.96. The lowest BCUT2D eigenvalue weighted by Crippen LogP contribution is -2.19. The molecule has 0 fully saturated rings. The Bertz CT molecular complexity index is 320. The molecule has 84 valence electrons. The molecule has 1 atom stereocenters. The van der Waals surface area contributed by atoms with Crippen LogP contribution >= 0.6 is 15.9 Å². The van der Waals surface area contributed by atoms with E-state index in [-0.39, 0.29) is 6.10 Å². The molecular formula is C10H16BrN3O. The van der Waals surface area contributed by atoms with E-state index in [1.54, 1.807) is 13.3 Å². The van der Waals surface area contributed by atoms with E-state index >= 15 is 0 Å². The van der Waals surface area contributed by atoms with E-state index in [4.69, 9.17) is 10.5 Å². The van der Waals surface area contributed by atoms with Gasteiger partial charge in [0.05, 0.1) is 6.10 Å². The lowest BCUT2D eigenvalue weighted by molar-refractivity contribution is 0.128. The summed E-state index contributed by atoms with van der Waals surface area (Å²) in [6.45, 7) is 3.18. The van der Waals surface area contributed by atoms with Crippen LogP contribution in [0.2, 0.25) is 0 Å². The lowest BCUT2D eigenvalue weighted by Gasteiger charge is -2.13. The van der Waals surface area contributed by atoms with Crippen molar-refractivity contribution in [2.75, 3.05) is 19.0 Å². The molecule has 0 saturated carbocycles. The number of rotatable bonds is 5. The summed E-state index contributed by atoms with van der Waals surface area (Å²) in [6.07, 6.45) is 1.90. The zero-order chi connectivity index (χ0) is 11.3. The van der Waals surface area contributed by atoms with Gasteiger partial charge in [-0.05, 0) is 28.9 Å². The van der Waals surface area contributed by atoms with Crippen LogP contribution < -0.4 is 11.1 Å². The van der Waals surface area contributed by atoms with Crippen molar-refractivity contribution in [1.82, 2.24) is 4.98 Å². The Labute approximate surface area is 98.3 Å². The number of pyridine rings is 1. The molecule has 0 spiro atoms. The third kappa shape index (κ3) is 3.77. The highest BCUT2D eigenvalue weighted by Crippen LogP contribution is 2.17. The van der Waals surface area contributed by atoms with Crippen molar-refractivity contribution in [2.24, 2.45) is 5.73 Å². The third-order valence-electron chi connectivity index (χ3n) is 2.11. The van der Waals surface area contributed by atoms with Crippen LogP contribution in [0, 0.1) is 0 Å². The van der Waals surface area contributed by atoms with Crippen LogP contribution in [0.25, 0.3) is 0 Å². The van der Waals surface area contributed by atoms with Gasteiger partial charge in [-0.2, -0.15) is 0 Å². The van der Waals surface area contributed by atoms with Crippen molar-refractivity contribution in [1.29, 1.82) is 0 Å². The van der Waals surface area contributed by atoms with Gasteiger partial charge in [-0.3, -0.25) is 0 Å². The number of anilines is 1. The molecule has 1 rings (SSSR count). The van der Waals surface area contributed by atoms with Gasteiger partial charge in [0, 0.05) is 36.4 Å². The van der Waals surface area contributed by atoms with Crippen LogP contribution in [0.1, 0.15) is 12.5 Å². The fraction of sp³-hybridized carbons (Fsp3) is 0.500. The first kappa shape index (κ1) is 12.4. The monoisotopic (exact) mass is 273 g/mol. The molecule has 1 unspecified atom stereocenters. The fourth-order valence-corrected chi connectivity index (χ4v) is 1.50. The van der Waals surface area contributed by atoms with Crippen LogP contribution in [0.5, 0.6) is 0 Å². The number of hydrogen-bond acceptors (Lipinski definition) is 4. The number of nitrogens with one attached hydrogen (secondary N) is 1. The van der Waals surface area contributed by atoms with Crippen LogP contribution in [0.3, 0.4) is 0 Å². The Morgan fingerprint density at radius 3 is 3.00 bits per heavy atom. The highest BCUT2D eigenvalue weighted by molar-refractivity contribution is 9.10. The van der Waals surface area contributed by atoms with E-state index in [2.05, 4.69) is 26.2 Å². The van der Waals surface area contributed by atoms with Crippen LogP contribution in [-0.2, 0) is 11.3 Å². The average Bonchev–Trinajstić information content (AvgIpc) is 2.26. The Hall–Kier alpha value is -0.650. The largest absolute Gasteiger partial charge is 0.380 e. The predicted octanol–water partition coefficient (Wildman–Crippen LogP) is 1.75. The minimum absolute atomic E-state index is 0.154. The summed E-state index contributed by atoms with van der Waals surface area (Å²) >= 11 is 3.36. The molecule has 0 amide bonds. The van der Waals surface area contributed by atoms with Gasteiger partial charge in [0.1, 0.15) is 5.82 Å². The molecule has 0 radical (unpaired) electrons. The SMILES string of the molecule is COC(C)CNc1ncc(Br)cc1CN. The summed E-state index contributed by atoms with van der Waals surface area (Å²) in [6, 6.07) is 1.97. The molecule has 3 N–H and O–H groups in total. The number of ether oxygens (including phenoxy) is 1. The van der Waals surface area contributed by atoms with Crippen molar-refractivity contribution >= 4 is 21.7 Å². The maximum absolute atomic E-state index is 5.63. The zero-order valence-corrected chi connectivity index (χ0v) is 10.5. The highest BCUT2D eigenvalue weighted by atomic mass is 79.9. The second kappa shape index (κ2) is 6.05. The quantitative estimate of drug-likeness (QED) is 0.858. The number of halogens is 1. The maximum Gasteiger partial charge on any atom is 0.130 e. The lowest BCUT2D eigenvalue weighted by atomic mass is 10.2. The first-order valence-electron chi connectivity index (χ1n) is 4.78. The fourth-order valence-electron chi connectivity index (χ4n) is 1.12. The molecule has 1 heterocycles. The molecule has 0 bridgehead atoms. The second-order valence-corrected chi connectivity index (χ2v) is 4.21. The van der Waals surface area contributed by atoms with Gasteiger partial charge in [-0.25, -0.2) is 4.98 Å². The Kier molecular flexibility index (Phi) is 5.01. The second-order valence-electron chi connectivity index (χ2n) is 3.29. The van der Waals surface area contributed by atoms with Crippen molar-refractivity contribution in [3.05, 3.63) is 22.3 Å². The number of aromatic nitrogens is 1. The van der Waals surface area contributed by atoms with Gasteiger partial charge in [0.15, 0.2) is 0 Å². The summed E-state index contributed by atoms with van der Waals surface area (Å²) in [7, 11) is 1.69. The third-order valence-corrected chi connectivity index (χ3v) is 2.55. The summed E-state index contributed by atoms with van der Waals surface area (Å²) in [5.74, 6) is 0.824. The molecule has 5 heteroatoms. The van der Waals surface area contributed by atoms with Gasteiger partial charge in [-0.1, -0.05) is 0 Å². The standard InChI is InChI=1S/C10H16BrN3O/c1-7(15-2)5-13-10-8(4-12)3-9(11)6-14-10/h3,6-7H,4-5,12H2,1-2H3,(H,13,14). The molecule has 0 aliphatic rings. The van der Waals surface area contributed by atoms with Crippen LogP contribution in [0.4, 0.5) is 5.82 Å². The van der Waals surface area contributed by atoms with E-state index in [1.807, 2.05) is 13.0 Å². The first-order valence-corrected chi connectivity index (χ1v) is 5.57. The highest BCUT2D eigenvalue weighted by Gasteiger charge is 2.05. The molecule has 1 aromatic heterocycles. The smallest absolute Gasteiger partial charge is 0.130 e. The number of nitrogens with zero attached hydrogens (tertiary/aromatic N) is 1. The summed E-state index contributed by atoms with van der Waals surface area (Å²) in [5, 5.41) is 3.21. The number of hydrogen-bond donors (Lipinski definition) is 2. The molecule has 0 aliphatic carbocycles. The summed E-state index contributed by atoms with van der Waals surface area (Å²) < 4.78 is 6.08. The van der Waals surface area contributed by atoms with Crippen LogP contribution in [-0.4, -0.2) is 24.7 Å². The predicted molar refractivity (Wildman–Crippen MR) is 64.8 cm³/mol. The Morgan fingerprint density at radius 2 is 2.40 bits per heavy atom. The number of nitrogens with two attached hydrogens (primary N) is 1. The minimum Gasteiger partial charge on any atom is -0.380 e. The average molecular weight is 274 g/mol. The van der Waals surface area contributed by atoms with Crippen molar-refractivity contribution in [3.8, 4) is 0 Å². The van der Waals surface area contributed by atoms with Crippen molar-refractivity contribution in [2.45, 2.75) is 19.6 Å². The molecule has 0 aromatic carbocycles. The molecular weight excluding hydrogens is 258 g/mol. The maximum atomic E-state index is 5.63. The summed E-state index contributed by atoms with van der Waals surface area (Å²) in [4.78, 5) is 4.26. The van der Waals surface area contributed by atoms with Gasteiger partial charge in [0.25, 0.3) is 0 Å². The first-order chi connectivity index (χ1) is 7.17. The molecule has 1 aromatic rings. The number of methoxy groups -OCH3 is 1. The van der Waals surface area contributed by atoms with Gasteiger partial charge >= 0.3 is 0 Å². The van der Waals surface area contributed by atoms with E-state index in [0.29, 0.717) is 6.54 Å². The van der Waals surface area contributed by atoms with E-state index < -0.39 is 0 Å². The van der Waals surface area contributed by atoms with E-state index in [0.717, 1.165) is 22.4 Å². The Balaban J connectivity index is 2.67. The van der Waals surface area contributed by atoms with Gasteiger partial charge < -0.3 is 15.8 Å². The molecule has 15 heavy (non-hydrogen) atoms. The van der Waals surface area contributed by atoms with Gasteiger partial charge in [0.2, 0.25) is 0 Å². The van der Waals surface area contributed by atoms with Crippen molar-refractivity contribution < 1.29 is 4.74 Å². The molecule has 0 aliphatic heterocycles. The molecule has 0 saturated heterocycles. The summed E-state index contributed by atoms with van der Waals surface area (Å²) in [5.41, 5.74) is 6.62. The molecule has 4 nitrogen and oxygen atoms in total. The van der Waals surface area contributed by atoms with E-state index in [1.165, 1.54) is 0 Å². The van der Waals surface area contributed by atoms with Crippen molar-refractivity contribution in [3.63, 3.8) is 0 Å². The topological polar surface area (TPSA) is 60.2 Å². The minimum atomic E-state index is 0.154. The van der Waals surface area contributed by atoms with Gasteiger partial charge in [-0.15, -0.1) is 0 Å². The Morgan fingerprint density at radius 1 is 1.67 bits per heavy atom.